The number of carboxylic acid groups (broad SMARTS) is 1. The predicted molar refractivity (Wildman–Crippen MR) is 189 cm³/mol. The van der Waals surface area contributed by atoms with Gasteiger partial charge in [0.05, 0.1) is 24.3 Å². The van der Waals surface area contributed by atoms with E-state index in [1.807, 2.05) is 0 Å². The van der Waals surface area contributed by atoms with Gasteiger partial charge in [-0.05, 0) is 114 Å². The van der Waals surface area contributed by atoms with Crippen LogP contribution < -0.4 is 5.73 Å². The van der Waals surface area contributed by atoms with Crippen LogP contribution in [0.15, 0.2) is 18.0 Å². The third-order valence-electron chi connectivity index (χ3n) is 16.0. The molecule has 5 aliphatic carbocycles. The van der Waals surface area contributed by atoms with Crippen LogP contribution in [0.1, 0.15) is 122 Å². The summed E-state index contributed by atoms with van der Waals surface area (Å²) in [6.45, 7) is 21.7. The monoisotopic (exact) mass is 657 g/mol. The number of H-pyrrole nitrogens is 2. The zero-order valence-corrected chi connectivity index (χ0v) is 30.5. The van der Waals surface area contributed by atoms with E-state index in [-0.39, 0.29) is 33.0 Å². The Kier molecular flexibility index (Phi) is 7.12. The lowest BCUT2D eigenvalue weighted by Gasteiger charge is -2.71. The van der Waals surface area contributed by atoms with E-state index >= 15 is 0 Å². The number of morpholine rings is 1. The summed E-state index contributed by atoms with van der Waals surface area (Å²) in [7, 11) is 0. The lowest BCUT2D eigenvalue weighted by Crippen LogP contribution is -2.65. The minimum absolute atomic E-state index is 0.0229. The number of aliphatic carboxylic acids is 1. The Morgan fingerprint density at radius 1 is 1.02 bits per heavy atom. The van der Waals surface area contributed by atoms with Crippen LogP contribution in [0, 0.1) is 44.8 Å². The highest BCUT2D eigenvalue weighted by Crippen LogP contribution is 2.77. The number of carboxylic acids is 1. The highest BCUT2D eigenvalue weighted by molar-refractivity contribution is 5.81. The van der Waals surface area contributed by atoms with Crippen LogP contribution in [0.4, 0.5) is 5.82 Å². The fraction of sp³-hybridized carbons (Fsp3) is 0.750. The van der Waals surface area contributed by atoms with E-state index in [0.717, 1.165) is 102 Å². The fourth-order valence-electron chi connectivity index (χ4n) is 13.2. The van der Waals surface area contributed by atoms with Crippen LogP contribution in [0.2, 0.25) is 0 Å². The maximum atomic E-state index is 13.6. The number of hydrogen-bond acceptors (Lipinski definition) is 5. The molecule has 3 heterocycles. The average Bonchev–Trinajstić information content (AvgIpc) is 3.63. The summed E-state index contributed by atoms with van der Waals surface area (Å²) in [4.78, 5) is 19.6. The molecule has 6 aliphatic rings. The third kappa shape index (κ3) is 4.26. The molecule has 2 aromatic rings. The summed E-state index contributed by atoms with van der Waals surface area (Å²) in [6.07, 6.45) is 13.1. The van der Waals surface area contributed by atoms with Gasteiger partial charge in [-0.25, -0.2) is 0 Å². The molecule has 8 heteroatoms. The van der Waals surface area contributed by atoms with Gasteiger partial charge in [-0.2, -0.15) is 5.10 Å². The molecule has 3 saturated carbocycles. The molecule has 48 heavy (non-hydrogen) atoms. The molecule has 0 spiro atoms. The van der Waals surface area contributed by atoms with Crippen LogP contribution in [0.25, 0.3) is 5.57 Å². The SMILES string of the molecule is CC1(C)CC[C@]2(C(=O)O)CC[C@]3(C)C(=C(c4c[nH]cc4CN4CCOCC4)CC4[C@@]5(C)Cc6c(n[nH]c6N)C(C)(C)[C@@H]5CC[C@]43C)[C@@H]2C1. The van der Waals surface area contributed by atoms with Crippen molar-refractivity contribution >= 4 is 17.4 Å². The van der Waals surface area contributed by atoms with Gasteiger partial charge in [0.2, 0.25) is 0 Å². The Morgan fingerprint density at radius 2 is 1.75 bits per heavy atom. The maximum absolute atomic E-state index is 13.6. The number of nitrogen functional groups attached to an aromatic ring is 1. The smallest absolute Gasteiger partial charge is 0.310 e. The zero-order valence-electron chi connectivity index (χ0n) is 30.5. The van der Waals surface area contributed by atoms with Crippen molar-refractivity contribution < 1.29 is 14.6 Å². The van der Waals surface area contributed by atoms with Gasteiger partial charge < -0.3 is 20.6 Å². The Hall–Kier alpha value is -2.58. The Morgan fingerprint density at radius 3 is 2.48 bits per heavy atom. The highest BCUT2D eigenvalue weighted by atomic mass is 16.5. The average molecular weight is 658 g/mol. The van der Waals surface area contributed by atoms with Crippen molar-refractivity contribution in [3.8, 4) is 0 Å². The van der Waals surface area contributed by atoms with Gasteiger partial charge in [-0.3, -0.25) is 14.8 Å². The molecule has 8 rings (SSSR count). The van der Waals surface area contributed by atoms with Gasteiger partial charge in [0, 0.05) is 43.0 Å². The topological polar surface area (TPSA) is 120 Å². The van der Waals surface area contributed by atoms with E-state index in [1.54, 1.807) is 0 Å². The van der Waals surface area contributed by atoms with Crippen LogP contribution in [0.3, 0.4) is 0 Å². The van der Waals surface area contributed by atoms with E-state index in [9.17, 15) is 9.90 Å². The number of allylic oxidation sites excluding steroid dienone is 2. The Labute approximate surface area is 287 Å². The normalized spacial score (nSPS) is 40.3. The van der Waals surface area contributed by atoms with Crippen molar-refractivity contribution in [1.82, 2.24) is 20.1 Å². The number of anilines is 1. The van der Waals surface area contributed by atoms with Crippen LogP contribution >= 0.6 is 0 Å². The Balaban J connectivity index is 1.35. The second kappa shape index (κ2) is 10.5. The fourth-order valence-corrected chi connectivity index (χ4v) is 13.2. The van der Waals surface area contributed by atoms with Crippen molar-refractivity contribution in [3.05, 3.63) is 40.4 Å². The van der Waals surface area contributed by atoms with Crippen LogP contribution in [-0.4, -0.2) is 57.5 Å². The van der Waals surface area contributed by atoms with Crippen LogP contribution in [-0.2, 0) is 27.9 Å². The standard InChI is InChI=1S/C40H59N5O3/c1-35(2)10-12-40(34(46)47)13-11-39(7)31(28(40)20-35)25(27-22-42-21-24(27)23-45-14-16-48-17-15-45)18-30-37(5)19-26-32(43-44-33(26)41)36(3,4)29(37)8-9-38(30,39)6/h21-22,28-30,42H,8-20,23H2,1-7H3,(H,46,47)(H3,41,43,44)/t28-,29-,30?,37-,38+,39+,40-/m0/s1. The number of nitrogens with one attached hydrogen (secondary N) is 2. The van der Waals surface area contributed by atoms with E-state index in [4.69, 9.17) is 15.6 Å². The van der Waals surface area contributed by atoms with E-state index in [2.05, 4.69) is 75.8 Å². The molecule has 2 aromatic heterocycles. The summed E-state index contributed by atoms with van der Waals surface area (Å²) < 4.78 is 5.71. The molecule has 1 saturated heterocycles. The molecular weight excluding hydrogens is 598 g/mol. The summed E-state index contributed by atoms with van der Waals surface area (Å²) in [5, 5.41) is 19.1. The van der Waals surface area contributed by atoms with Gasteiger partial charge in [0.1, 0.15) is 5.82 Å². The number of rotatable bonds is 4. The third-order valence-corrected chi connectivity index (χ3v) is 16.0. The van der Waals surface area contributed by atoms with Crippen molar-refractivity contribution in [2.75, 3.05) is 32.0 Å². The zero-order chi connectivity index (χ0) is 34.1. The van der Waals surface area contributed by atoms with Crippen LogP contribution in [0.5, 0.6) is 0 Å². The summed E-state index contributed by atoms with van der Waals surface area (Å²) >= 11 is 0. The van der Waals surface area contributed by atoms with Gasteiger partial charge >= 0.3 is 5.97 Å². The van der Waals surface area contributed by atoms with Gasteiger partial charge in [0.15, 0.2) is 0 Å². The number of aromatic amines is 2. The number of fused-ring (bicyclic) bond motifs is 8. The lowest BCUT2D eigenvalue weighted by molar-refractivity contribution is -0.175. The molecule has 0 aromatic carbocycles. The molecule has 5 N–H and O–H groups in total. The van der Waals surface area contributed by atoms with E-state index < -0.39 is 11.4 Å². The minimum Gasteiger partial charge on any atom is -0.481 e. The number of hydrogen-bond donors (Lipinski definition) is 4. The number of aromatic nitrogens is 3. The summed E-state index contributed by atoms with van der Waals surface area (Å²) in [6, 6.07) is 0. The first-order valence-corrected chi connectivity index (χ1v) is 18.8. The molecular formula is C40H59N5O3. The number of nitrogens with zero attached hydrogens (tertiary/aromatic N) is 2. The summed E-state index contributed by atoms with van der Waals surface area (Å²) in [5.74, 6) is 1.11. The Bertz CT molecular complexity index is 1660. The first-order valence-electron chi connectivity index (χ1n) is 18.8. The summed E-state index contributed by atoms with van der Waals surface area (Å²) in [5.41, 5.74) is 14.0. The van der Waals surface area contributed by atoms with E-state index in [1.165, 1.54) is 27.8 Å². The maximum Gasteiger partial charge on any atom is 0.310 e. The van der Waals surface area contributed by atoms with Crippen molar-refractivity contribution in [1.29, 1.82) is 0 Å². The number of nitrogens with two attached hydrogens (primary N) is 1. The quantitative estimate of drug-likeness (QED) is 0.269. The van der Waals surface area contributed by atoms with Gasteiger partial charge in [-0.1, -0.05) is 54.0 Å². The minimum atomic E-state index is -0.687. The first-order chi connectivity index (χ1) is 22.6. The van der Waals surface area contributed by atoms with Crippen molar-refractivity contribution in [2.24, 2.45) is 44.8 Å². The molecule has 0 amide bonds. The molecule has 262 valence electrons. The molecule has 0 bridgehead atoms. The van der Waals surface area contributed by atoms with Gasteiger partial charge in [-0.15, -0.1) is 0 Å². The second-order valence-electron chi connectivity index (χ2n) is 19.0. The first kappa shape index (κ1) is 32.6. The number of carbonyl (C=O) groups is 1. The number of ether oxygens (including phenoxy) is 1. The largest absolute Gasteiger partial charge is 0.481 e. The molecule has 8 nitrogen and oxygen atoms in total. The van der Waals surface area contributed by atoms with Crippen molar-refractivity contribution in [3.63, 3.8) is 0 Å². The van der Waals surface area contributed by atoms with E-state index in [0.29, 0.717) is 11.8 Å². The predicted octanol–water partition coefficient (Wildman–Crippen LogP) is 7.58. The molecule has 1 unspecified atom stereocenters. The lowest BCUT2D eigenvalue weighted by atomic mass is 9.32. The van der Waals surface area contributed by atoms with Gasteiger partial charge in [0.25, 0.3) is 0 Å². The molecule has 4 fully saturated rings. The van der Waals surface area contributed by atoms with Crippen molar-refractivity contribution in [2.45, 2.75) is 118 Å². The molecule has 0 radical (unpaired) electrons. The second-order valence-corrected chi connectivity index (χ2v) is 19.0. The highest BCUT2D eigenvalue weighted by Gasteiger charge is 2.70. The molecule has 7 atom stereocenters. The molecule has 1 aliphatic heterocycles.